The van der Waals surface area contributed by atoms with Crippen LogP contribution in [0, 0.1) is 23.7 Å². The molecule has 0 aliphatic carbocycles. The normalized spacial score (nSPS) is 21.3. The summed E-state index contributed by atoms with van der Waals surface area (Å²) in [5, 5.41) is 48.3. The van der Waals surface area contributed by atoms with Crippen LogP contribution >= 0.6 is 11.3 Å². The third-order valence-corrected chi connectivity index (χ3v) is 18.0. The Morgan fingerprint density at radius 3 is 1.85 bits per heavy atom. The van der Waals surface area contributed by atoms with Gasteiger partial charge in [0.2, 0.25) is 65.0 Å². The minimum atomic E-state index is -1.95. The fourth-order valence-corrected chi connectivity index (χ4v) is 11.4. The van der Waals surface area contributed by atoms with Crippen LogP contribution in [0.4, 0.5) is 0 Å². The highest BCUT2D eigenvalue weighted by Gasteiger charge is 2.39. The molecule has 1 aromatic carbocycles. The first-order valence-corrected chi connectivity index (χ1v) is 34.5. The molecule has 2 aromatic heterocycles. The number of hydrogen-bond acceptors (Lipinski definition) is 19. The van der Waals surface area contributed by atoms with Crippen molar-refractivity contribution in [2.24, 2.45) is 35.1 Å². The van der Waals surface area contributed by atoms with E-state index in [0.29, 0.717) is 12.0 Å². The Balaban J connectivity index is 1.78. The first-order valence-electron chi connectivity index (χ1n) is 33.6. The summed E-state index contributed by atoms with van der Waals surface area (Å²) in [6.45, 7) is 13.6. The zero-order valence-electron chi connectivity index (χ0n) is 57.7. The van der Waals surface area contributed by atoms with Crippen molar-refractivity contribution in [2.45, 2.75) is 212 Å². The maximum absolute atomic E-state index is 14.9. The fourth-order valence-electron chi connectivity index (χ4n) is 10.5. The van der Waals surface area contributed by atoms with Crippen molar-refractivity contribution in [1.29, 1.82) is 0 Å². The van der Waals surface area contributed by atoms with Gasteiger partial charge in [-0.15, -0.1) is 11.3 Å². The minimum absolute atomic E-state index is 0.00964. The van der Waals surface area contributed by atoms with Gasteiger partial charge in [0.05, 0.1) is 25.4 Å². The Morgan fingerprint density at radius 1 is 0.650 bits per heavy atom. The number of hydrogen-bond donors (Lipinski definition) is 16. The summed E-state index contributed by atoms with van der Waals surface area (Å²) in [5.41, 5.74) is 12.3. The topological polar surface area (TPSA) is 522 Å². The molecular formula is C66H98N16O17S. The van der Waals surface area contributed by atoms with Crippen LogP contribution < -0.4 is 70.0 Å². The number of aromatic nitrogens is 3. The van der Waals surface area contributed by atoms with Gasteiger partial charge < -0.3 is 85.1 Å². The van der Waals surface area contributed by atoms with Crippen LogP contribution in [0.1, 0.15) is 170 Å². The number of carboxylic acid groups (broad SMARTS) is 2. The van der Waals surface area contributed by atoms with Gasteiger partial charge in [-0.2, -0.15) is 0 Å². The van der Waals surface area contributed by atoms with Gasteiger partial charge in [0, 0.05) is 43.6 Å². The Morgan fingerprint density at radius 2 is 1.26 bits per heavy atom. The van der Waals surface area contributed by atoms with Crippen molar-refractivity contribution < 1.29 is 82.1 Å². The number of H-pyrrole nitrogens is 1. The number of aromatic amines is 1. The molecule has 3 heterocycles. The SMILES string of the molecule is CCC(C)C(=O)c1ncc(C(=O)N[C@@H](CC(C)C)C(=O)N[C@H](CCC(=O)O)C(=O)N[C@H](C(=O)N[C@H]2CCCCNC(=O)[C@H](CC(N)=O)NC(=O)[C@@H](CC(=O)O)NC(=O)[C@H](Cc3cnc[nH]3)NC(=O)[C@@H](Cc3ccccc3)NC(=O)[C@H](C(C)CC)NC(=O)[C@@H](CCCN)NC2=O)C(C)CC)s1. The number of carbonyl (C=O) groups is 15. The number of carbonyl (C=O) groups excluding carboxylic acids is 13. The molecule has 3 aromatic rings. The smallest absolute Gasteiger partial charge is 0.305 e. The molecule has 0 bridgehead atoms. The molecule has 33 nitrogen and oxygen atoms in total. The molecule has 0 saturated carbocycles. The van der Waals surface area contributed by atoms with E-state index in [1.54, 1.807) is 78.8 Å². The summed E-state index contributed by atoms with van der Waals surface area (Å²) in [6, 6.07) is -7.30. The zero-order chi connectivity index (χ0) is 74.3. The molecule has 12 amide bonds. The van der Waals surface area contributed by atoms with E-state index in [9.17, 15) is 82.1 Å². The van der Waals surface area contributed by atoms with E-state index in [-0.39, 0.29) is 110 Å². The molecule has 1 aliphatic rings. The number of amides is 12. The molecule has 550 valence electrons. The molecule has 100 heavy (non-hydrogen) atoms. The quantitative estimate of drug-likeness (QED) is 0.0359. The number of nitrogens with zero attached hydrogens (tertiary/aromatic N) is 2. The number of Topliss-reactive ketones (excluding diaryl/α,β-unsaturated/α-hetero) is 1. The number of benzene rings is 1. The lowest BCUT2D eigenvalue weighted by Gasteiger charge is -2.30. The number of nitrogens with one attached hydrogen (secondary N) is 12. The highest BCUT2D eigenvalue weighted by molar-refractivity contribution is 7.15. The van der Waals surface area contributed by atoms with Crippen LogP contribution in [0.5, 0.6) is 0 Å². The molecule has 4 rings (SSSR count). The lowest BCUT2D eigenvalue weighted by molar-refractivity contribution is -0.142. The lowest BCUT2D eigenvalue weighted by atomic mass is 9.96. The first kappa shape index (κ1) is 82.7. The Kier molecular flexibility index (Phi) is 34.4. The third kappa shape index (κ3) is 27.2. The van der Waals surface area contributed by atoms with Gasteiger partial charge in [0.1, 0.15) is 65.3 Å². The average molecular weight is 1420 g/mol. The number of rotatable bonds is 31. The number of aliphatic carboxylic acids is 2. The van der Waals surface area contributed by atoms with Crippen molar-refractivity contribution in [1.82, 2.24) is 73.4 Å². The number of thiazole rings is 1. The predicted octanol–water partition coefficient (Wildman–Crippen LogP) is -0.566. The maximum atomic E-state index is 14.9. The Labute approximate surface area is 583 Å². The van der Waals surface area contributed by atoms with E-state index in [2.05, 4.69) is 73.4 Å². The van der Waals surface area contributed by atoms with Crippen LogP contribution in [-0.4, -0.2) is 187 Å². The predicted molar refractivity (Wildman–Crippen MR) is 363 cm³/mol. The summed E-state index contributed by atoms with van der Waals surface area (Å²) in [4.78, 5) is 219. The summed E-state index contributed by atoms with van der Waals surface area (Å²) >= 11 is 0.839. The monoisotopic (exact) mass is 1420 g/mol. The molecule has 1 aliphatic heterocycles. The highest BCUT2D eigenvalue weighted by atomic mass is 32.1. The fraction of sp³-hybridized carbons (Fsp3) is 0.591. The van der Waals surface area contributed by atoms with Gasteiger partial charge in [-0.25, -0.2) is 9.97 Å². The lowest BCUT2D eigenvalue weighted by Crippen LogP contribution is -2.62. The standard InChI is InChI=1S/C66H98N16O17S/c1-9-35(6)52(82-58(92)42(22-23-50(84)85)74-59(93)43(26-34(4)5)79-63(97)48-32-71-66(100-48)54(88)37(8)11-3)64(98)75-40-20-15-16-25-70-55(89)46(29-49(68)83)77-62(96)47(30-51(86)87)78-61(95)45(28-39-31-69-33-72-39)76-60(94)44(27-38-18-13-12-14-19-38)80-65(99)53(36(7)10-2)81-57(91)41(21-17-24-67)73-56(40)90/h12-14,18-19,31-37,40-47,52-53H,9-11,15-17,20-30,67H2,1-8H3,(H2,68,83)(H,69,72)(H,70,89)(H,73,90)(H,74,93)(H,75,98)(H,76,94)(H,77,96)(H,78,95)(H,79,97)(H,80,99)(H,81,91)(H,82,92)(H,84,85)(H,86,87)/t35?,36?,37?,40-,41+,42+,43-,44+,45-,46-,47+,52-,53-/m0/s1. The number of carboxylic acids is 2. The van der Waals surface area contributed by atoms with Gasteiger partial charge in [0.25, 0.3) is 5.91 Å². The Bertz CT molecular complexity index is 3310. The summed E-state index contributed by atoms with van der Waals surface area (Å²) in [5.74, 6) is -16.9. The highest BCUT2D eigenvalue weighted by Crippen LogP contribution is 2.21. The average Bonchev–Trinajstić information content (AvgIpc) is 1.28. The summed E-state index contributed by atoms with van der Waals surface area (Å²) < 4.78 is 0. The molecule has 1 fully saturated rings. The second-order valence-corrected chi connectivity index (χ2v) is 26.5. The van der Waals surface area contributed by atoms with Gasteiger partial charge in [-0.3, -0.25) is 71.9 Å². The second-order valence-electron chi connectivity index (χ2n) is 25.4. The van der Waals surface area contributed by atoms with Gasteiger partial charge in [-0.1, -0.05) is 98.6 Å². The first-order chi connectivity index (χ1) is 47.4. The molecule has 3 unspecified atom stereocenters. The molecule has 18 N–H and O–H groups in total. The van der Waals surface area contributed by atoms with Crippen molar-refractivity contribution in [2.75, 3.05) is 13.1 Å². The van der Waals surface area contributed by atoms with Crippen LogP contribution in [0.15, 0.2) is 49.1 Å². The van der Waals surface area contributed by atoms with E-state index >= 15 is 0 Å². The number of primary amides is 1. The zero-order valence-corrected chi connectivity index (χ0v) is 58.5. The Hall–Kier alpha value is -9.73. The molecule has 0 radical (unpaired) electrons. The van der Waals surface area contributed by atoms with Crippen LogP contribution in [-0.2, 0) is 75.2 Å². The number of ketones is 1. The van der Waals surface area contributed by atoms with Crippen LogP contribution in [0.3, 0.4) is 0 Å². The third-order valence-electron chi connectivity index (χ3n) is 17.0. The molecule has 0 spiro atoms. The van der Waals surface area contributed by atoms with Crippen LogP contribution in [0.2, 0.25) is 0 Å². The summed E-state index contributed by atoms with van der Waals surface area (Å²) in [7, 11) is 0. The van der Waals surface area contributed by atoms with Crippen molar-refractivity contribution in [3.63, 3.8) is 0 Å². The molecular weight excluding hydrogens is 1320 g/mol. The number of imidazole rings is 1. The summed E-state index contributed by atoms with van der Waals surface area (Å²) in [6.07, 6.45) is 1.10. The second kappa shape index (κ2) is 41.6. The van der Waals surface area contributed by atoms with E-state index in [1.807, 2.05) is 6.92 Å². The van der Waals surface area contributed by atoms with Crippen LogP contribution in [0.25, 0.3) is 0 Å². The van der Waals surface area contributed by atoms with Crippen molar-refractivity contribution in [3.05, 3.63) is 70.2 Å². The van der Waals surface area contributed by atoms with E-state index < -0.39 is 181 Å². The van der Waals surface area contributed by atoms with Crippen molar-refractivity contribution in [3.8, 4) is 0 Å². The number of nitrogens with two attached hydrogens (primary N) is 2. The molecule has 34 heteroatoms. The molecule has 1 saturated heterocycles. The van der Waals surface area contributed by atoms with E-state index in [0.717, 1.165) is 11.3 Å². The van der Waals surface area contributed by atoms with Gasteiger partial charge in [-0.05, 0) is 81.2 Å². The minimum Gasteiger partial charge on any atom is -0.481 e. The molecule has 13 atom stereocenters. The van der Waals surface area contributed by atoms with E-state index in [1.165, 1.54) is 18.7 Å². The van der Waals surface area contributed by atoms with Gasteiger partial charge >= 0.3 is 11.9 Å². The maximum Gasteiger partial charge on any atom is 0.305 e. The van der Waals surface area contributed by atoms with Gasteiger partial charge in [0.15, 0.2) is 10.8 Å². The van der Waals surface area contributed by atoms with Crippen molar-refractivity contribution >= 4 is 99.9 Å². The van der Waals surface area contributed by atoms with E-state index in [4.69, 9.17) is 11.5 Å². The largest absolute Gasteiger partial charge is 0.481 e.